The van der Waals surface area contributed by atoms with E-state index < -0.39 is 10.0 Å². The number of aromatic nitrogens is 3. The van der Waals surface area contributed by atoms with Gasteiger partial charge in [0.2, 0.25) is 0 Å². The van der Waals surface area contributed by atoms with E-state index in [1.165, 1.54) is 16.8 Å². The first-order valence-electron chi connectivity index (χ1n) is 11.8. The number of nitrogens with one attached hydrogen (secondary N) is 1. The molecule has 0 bridgehead atoms. The Balaban J connectivity index is 1.49. The highest BCUT2D eigenvalue weighted by Crippen LogP contribution is 2.29. The molecule has 0 saturated heterocycles. The minimum absolute atomic E-state index is 0.183. The van der Waals surface area contributed by atoms with Crippen molar-refractivity contribution in [1.82, 2.24) is 14.8 Å². The molecule has 0 unspecified atom stereocenters. The topological polar surface area (TPSA) is 97.2 Å². The predicted molar refractivity (Wildman–Crippen MR) is 149 cm³/mol. The molecule has 0 amide bonds. The van der Waals surface area contributed by atoms with Gasteiger partial charge >= 0.3 is 0 Å². The standard InChI is InChI=1S/C29H25N5O3S/c1-33(2)25-14-10-22(11-15-25)28-20-27(31-34(28)29(35)23-16-18-30-19-17-23)21-8-12-24(13-9-21)32-38(36,37)26-6-4-3-5-7-26/h3-20,32H,1-2H3. The van der Waals surface area contributed by atoms with Gasteiger partial charge in [0.15, 0.2) is 0 Å². The van der Waals surface area contributed by atoms with E-state index in [1.807, 2.05) is 49.3 Å². The molecule has 1 N–H and O–H groups in total. The highest BCUT2D eigenvalue weighted by atomic mass is 32.2. The molecule has 8 nitrogen and oxygen atoms in total. The molecule has 5 rings (SSSR count). The van der Waals surface area contributed by atoms with Gasteiger partial charge in [-0.25, -0.2) is 8.42 Å². The number of anilines is 2. The maximum Gasteiger partial charge on any atom is 0.278 e. The van der Waals surface area contributed by atoms with E-state index in [1.54, 1.807) is 67.0 Å². The zero-order valence-corrected chi connectivity index (χ0v) is 21.6. The van der Waals surface area contributed by atoms with Crippen LogP contribution in [-0.4, -0.2) is 43.2 Å². The van der Waals surface area contributed by atoms with E-state index in [2.05, 4.69) is 14.8 Å². The quantitative estimate of drug-likeness (QED) is 0.316. The molecule has 0 aliphatic rings. The van der Waals surface area contributed by atoms with Crippen molar-refractivity contribution in [2.75, 3.05) is 23.7 Å². The van der Waals surface area contributed by atoms with Crippen molar-refractivity contribution < 1.29 is 13.2 Å². The first-order valence-corrected chi connectivity index (χ1v) is 13.3. The molecule has 5 aromatic rings. The van der Waals surface area contributed by atoms with E-state index in [4.69, 9.17) is 0 Å². The number of hydrogen-bond donors (Lipinski definition) is 1. The lowest BCUT2D eigenvalue weighted by molar-refractivity contribution is 0.0947. The summed E-state index contributed by atoms with van der Waals surface area (Å²) < 4.78 is 29.3. The fourth-order valence-electron chi connectivity index (χ4n) is 3.95. The molecule has 0 radical (unpaired) electrons. The van der Waals surface area contributed by atoms with Crippen LogP contribution in [0.5, 0.6) is 0 Å². The van der Waals surface area contributed by atoms with Crippen molar-refractivity contribution >= 4 is 27.3 Å². The van der Waals surface area contributed by atoms with Crippen molar-refractivity contribution in [3.8, 4) is 22.5 Å². The van der Waals surface area contributed by atoms with Gasteiger partial charge in [-0.05, 0) is 54.6 Å². The average molecular weight is 524 g/mol. The van der Waals surface area contributed by atoms with Gasteiger partial charge in [0.1, 0.15) is 0 Å². The number of nitrogens with zero attached hydrogens (tertiary/aromatic N) is 4. The summed E-state index contributed by atoms with van der Waals surface area (Å²) in [6, 6.07) is 28.1. The summed E-state index contributed by atoms with van der Waals surface area (Å²) >= 11 is 0. The predicted octanol–water partition coefficient (Wildman–Crippen LogP) is 5.17. The third kappa shape index (κ3) is 5.18. The first-order chi connectivity index (χ1) is 18.3. The van der Waals surface area contributed by atoms with Crippen LogP contribution < -0.4 is 9.62 Å². The molecule has 0 aliphatic heterocycles. The Hall–Kier alpha value is -4.76. The largest absolute Gasteiger partial charge is 0.378 e. The van der Waals surface area contributed by atoms with Crippen LogP contribution in [0.3, 0.4) is 0 Å². The van der Waals surface area contributed by atoms with E-state index in [-0.39, 0.29) is 10.8 Å². The van der Waals surface area contributed by atoms with Crippen LogP contribution in [0.2, 0.25) is 0 Å². The van der Waals surface area contributed by atoms with Crippen molar-refractivity contribution in [2.24, 2.45) is 0 Å². The van der Waals surface area contributed by atoms with E-state index in [9.17, 15) is 13.2 Å². The lowest BCUT2D eigenvalue weighted by Crippen LogP contribution is -2.15. The lowest BCUT2D eigenvalue weighted by Gasteiger charge is -2.13. The molecule has 2 heterocycles. The molecule has 0 aliphatic carbocycles. The summed E-state index contributed by atoms with van der Waals surface area (Å²) in [6.45, 7) is 0. The zero-order chi connectivity index (χ0) is 26.7. The zero-order valence-electron chi connectivity index (χ0n) is 20.8. The Morgan fingerprint density at radius 1 is 0.816 bits per heavy atom. The SMILES string of the molecule is CN(C)c1ccc(-c2cc(-c3ccc(NS(=O)(=O)c4ccccc4)cc3)nn2C(=O)c2ccncc2)cc1. The molecule has 0 atom stereocenters. The Morgan fingerprint density at radius 3 is 2.08 bits per heavy atom. The minimum atomic E-state index is -3.70. The van der Waals surface area contributed by atoms with Crippen LogP contribution >= 0.6 is 0 Å². The molecule has 2 aromatic heterocycles. The summed E-state index contributed by atoms with van der Waals surface area (Å²) in [5.74, 6) is -0.280. The van der Waals surface area contributed by atoms with Gasteiger partial charge in [0.05, 0.1) is 16.3 Å². The average Bonchev–Trinajstić information content (AvgIpc) is 3.39. The van der Waals surface area contributed by atoms with E-state index in [0.717, 1.165) is 16.8 Å². The molecule has 0 fully saturated rings. The van der Waals surface area contributed by atoms with E-state index in [0.29, 0.717) is 22.6 Å². The second kappa shape index (κ2) is 10.3. The normalized spacial score (nSPS) is 11.2. The number of sulfonamides is 1. The van der Waals surface area contributed by atoms with Gasteiger partial charge in [-0.1, -0.05) is 42.5 Å². The molecule has 9 heteroatoms. The second-order valence-corrected chi connectivity index (χ2v) is 10.5. The van der Waals surface area contributed by atoms with Crippen LogP contribution in [0.15, 0.2) is 114 Å². The molecule has 0 spiro atoms. The number of carbonyl (C=O) groups is 1. The molecular formula is C29H25N5O3S. The van der Waals surface area contributed by atoms with Crippen LogP contribution in [-0.2, 0) is 10.0 Å². The number of carbonyl (C=O) groups excluding carboxylic acids is 1. The first kappa shape index (κ1) is 24.9. The summed E-state index contributed by atoms with van der Waals surface area (Å²) in [5, 5.41) is 4.64. The van der Waals surface area contributed by atoms with Crippen molar-refractivity contribution in [3.05, 3.63) is 115 Å². The van der Waals surface area contributed by atoms with Crippen LogP contribution in [0.4, 0.5) is 11.4 Å². The van der Waals surface area contributed by atoms with Gasteiger partial charge in [-0.3, -0.25) is 14.5 Å². The summed E-state index contributed by atoms with van der Waals surface area (Å²) in [7, 11) is 0.228. The second-order valence-electron chi connectivity index (χ2n) is 8.80. The van der Waals surface area contributed by atoms with Crippen molar-refractivity contribution in [3.63, 3.8) is 0 Å². The summed E-state index contributed by atoms with van der Waals surface area (Å²) in [4.78, 5) is 19.6. The van der Waals surface area contributed by atoms with Crippen LogP contribution in [0.1, 0.15) is 10.4 Å². The minimum Gasteiger partial charge on any atom is -0.378 e. The van der Waals surface area contributed by atoms with Crippen LogP contribution in [0.25, 0.3) is 22.5 Å². The van der Waals surface area contributed by atoms with E-state index >= 15 is 0 Å². The fourth-order valence-corrected chi connectivity index (χ4v) is 5.03. The molecule has 3 aromatic carbocycles. The Kier molecular flexibility index (Phi) is 6.76. The van der Waals surface area contributed by atoms with Crippen molar-refractivity contribution in [1.29, 1.82) is 0 Å². The highest BCUT2D eigenvalue weighted by Gasteiger charge is 2.19. The molecule has 0 saturated carbocycles. The Morgan fingerprint density at radius 2 is 1.45 bits per heavy atom. The number of rotatable bonds is 7. The monoisotopic (exact) mass is 523 g/mol. The smallest absolute Gasteiger partial charge is 0.278 e. The number of hydrogen-bond acceptors (Lipinski definition) is 6. The molecule has 190 valence electrons. The molecule has 38 heavy (non-hydrogen) atoms. The third-order valence-corrected chi connectivity index (χ3v) is 7.39. The maximum absolute atomic E-state index is 13.4. The Labute approximate surface area is 221 Å². The molecular weight excluding hydrogens is 498 g/mol. The van der Waals surface area contributed by atoms with Gasteiger partial charge in [0, 0.05) is 54.6 Å². The Bertz CT molecular complexity index is 1660. The van der Waals surface area contributed by atoms with Crippen LogP contribution in [0, 0.1) is 0 Å². The summed E-state index contributed by atoms with van der Waals surface area (Å²) in [6.07, 6.45) is 3.14. The van der Waals surface area contributed by atoms with Gasteiger partial charge in [-0.2, -0.15) is 9.78 Å². The lowest BCUT2D eigenvalue weighted by atomic mass is 10.1. The van der Waals surface area contributed by atoms with Crippen molar-refractivity contribution in [2.45, 2.75) is 4.90 Å². The van der Waals surface area contributed by atoms with Gasteiger partial charge in [0.25, 0.3) is 15.9 Å². The third-order valence-electron chi connectivity index (χ3n) is 5.99. The maximum atomic E-state index is 13.4. The fraction of sp³-hybridized carbons (Fsp3) is 0.0690. The van der Waals surface area contributed by atoms with Gasteiger partial charge in [-0.15, -0.1) is 0 Å². The van der Waals surface area contributed by atoms with Gasteiger partial charge < -0.3 is 4.90 Å². The highest BCUT2D eigenvalue weighted by molar-refractivity contribution is 7.92. The summed E-state index contributed by atoms with van der Waals surface area (Å²) in [5.41, 5.74) is 4.71. The number of benzene rings is 3. The number of pyridine rings is 1.